The molecule has 1 aromatic carbocycles. The minimum atomic E-state index is -2.91. The second kappa shape index (κ2) is 8.31. The number of aromatic nitrogens is 1. The molecule has 26 heavy (non-hydrogen) atoms. The van der Waals surface area contributed by atoms with Crippen molar-refractivity contribution in [3.63, 3.8) is 0 Å². The van der Waals surface area contributed by atoms with Gasteiger partial charge in [-0.2, -0.15) is 0 Å². The number of pyridine rings is 1. The molecule has 1 aliphatic rings. The van der Waals surface area contributed by atoms with Gasteiger partial charge in [-0.25, -0.2) is 13.2 Å². The Labute approximate surface area is 154 Å². The Kier molecular flexibility index (Phi) is 5.88. The molecule has 2 aromatic rings. The number of hydrogen-bond donors (Lipinski definition) is 2. The molecule has 138 valence electrons. The van der Waals surface area contributed by atoms with Gasteiger partial charge in [-0.05, 0) is 55.0 Å². The van der Waals surface area contributed by atoms with Crippen molar-refractivity contribution in [3.05, 3.63) is 59.9 Å². The highest BCUT2D eigenvalue weighted by Crippen LogP contribution is 2.17. The fraction of sp³-hybridized carbons (Fsp3) is 0.368. The Morgan fingerprint density at radius 3 is 2.58 bits per heavy atom. The molecule has 0 saturated carbocycles. The van der Waals surface area contributed by atoms with Crippen molar-refractivity contribution in [2.75, 3.05) is 23.4 Å². The Balaban J connectivity index is 1.42. The number of rotatable bonds is 6. The monoisotopic (exact) mass is 373 g/mol. The van der Waals surface area contributed by atoms with E-state index in [4.69, 9.17) is 0 Å². The van der Waals surface area contributed by atoms with Crippen molar-refractivity contribution in [2.45, 2.75) is 19.3 Å². The Bertz CT molecular complexity index is 836. The van der Waals surface area contributed by atoms with Gasteiger partial charge in [-0.3, -0.25) is 4.98 Å². The molecule has 0 unspecified atom stereocenters. The molecule has 1 saturated heterocycles. The molecule has 2 amide bonds. The van der Waals surface area contributed by atoms with Crippen LogP contribution in [0.3, 0.4) is 0 Å². The third-order valence-electron chi connectivity index (χ3n) is 4.49. The summed E-state index contributed by atoms with van der Waals surface area (Å²) in [5, 5.41) is 5.53. The first kappa shape index (κ1) is 18.4. The number of carbonyl (C=O) groups is 1. The topological polar surface area (TPSA) is 88.2 Å². The molecule has 0 bridgehead atoms. The second-order valence-electron chi connectivity index (χ2n) is 6.62. The molecule has 1 aromatic heterocycles. The Hall–Kier alpha value is -2.41. The lowest BCUT2D eigenvalue weighted by molar-refractivity contribution is 0.250. The van der Waals surface area contributed by atoms with Crippen LogP contribution in [0.2, 0.25) is 0 Å². The zero-order valence-corrected chi connectivity index (χ0v) is 15.3. The fourth-order valence-corrected chi connectivity index (χ4v) is 4.88. The van der Waals surface area contributed by atoms with E-state index in [1.165, 1.54) is 5.56 Å². The summed E-state index contributed by atoms with van der Waals surface area (Å²) < 4.78 is 22.8. The van der Waals surface area contributed by atoms with Crippen molar-refractivity contribution in [1.82, 2.24) is 10.3 Å². The summed E-state index contributed by atoms with van der Waals surface area (Å²) in [5.74, 6) is 0.402. The maximum atomic E-state index is 11.9. The summed E-state index contributed by atoms with van der Waals surface area (Å²) in [6, 6.07) is 13.3. The second-order valence-corrected chi connectivity index (χ2v) is 8.85. The smallest absolute Gasteiger partial charge is 0.319 e. The summed E-state index contributed by atoms with van der Waals surface area (Å²) in [6.07, 6.45) is 4.17. The van der Waals surface area contributed by atoms with Crippen molar-refractivity contribution in [2.24, 2.45) is 5.92 Å². The van der Waals surface area contributed by atoms with Crippen LogP contribution in [0.15, 0.2) is 48.7 Å². The standard InChI is InChI=1S/C19H23N3O3S/c23-19(21-13-16-10-12-26(24,25)14-16)22-18-8-5-15(6-9-18)4-7-17-3-1-2-11-20-17/h1-3,5-6,8-9,11,16H,4,7,10,12-14H2,(H2,21,22,23)/t16-/m0/s1. The van der Waals surface area contributed by atoms with E-state index in [1.807, 2.05) is 42.5 Å². The maximum Gasteiger partial charge on any atom is 0.319 e. The van der Waals surface area contributed by atoms with Crippen molar-refractivity contribution in [3.8, 4) is 0 Å². The third kappa shape index (κ3) is 5.56. The van der Waals surface area contributed by atoms with Crippen LogP contribution in [0.5, 0.6) is 0 Å². The van der Waals surface area contributed by atoms with Gasteiger partial charge in [-0.15, -0.1) is 0 Å². The van der Waals surface area contributed by atoms with Gasteiger partial charge in [0.1, 0.15) is 0 Å². The van der Waals surface area contributed by atoms with Crippen molar-refractivity contribution >= 4 is 21.6 Å². The number of hydrogen-bond acceptors (Lipinski definition) is 4. The molecule has 6 nitrogen and oxygen atoms in total. The molecule has 1 aliphatic heterocycles. The first-order valence-corrected chi connectivity index (χ1v) is 10.6. The van der Waals surface area contributed by atoms with E-state index in [1.54, 1.807) is 6.20 Å². The van der Waals surface area contributed by atoms with Gasteiger partial charge in [0.15, 0.2) is 9.84 Å². The van der Waals surface area contributed by atoms with E-state index in [-0.39, 0.29) is 23.5 Å². The number of urea groups is 1. The molecule has 1 fully saturated rings. The van der Waals surface area contributed by atoms with E-state index in [0.29, 0.717) is 18.7 Å². The number of carbonyl (C=O) groups excluding carboxylic acids is 1. The van der Waals surface area contributed by atoms with Crippen molar-refractivity contribution in [1.29, 1.82) is 0 Å². The van der Waals surface area contributed by atoms with Crippen molar-refractivity contribution < 1.29 is 13.2 Å². The van der Waals surface area contributed by atoms with Crippen LogP contribution in [-0.2, 0) is 22.7 Å². The summed E-state index contributed by atoms with van der Waals surface area (Å²) >= 11 is 0. The van der Waals surface area contributed by atoms with Gasteiger partial charge in [0, 0.05) is 24.1 Å². The molecule has 2 N–H and O–H groups in total. The number of amides is 2. The van der Waals surface area contributed by atoms with E-state index >= 15 is 0 Å². The highest BCUT2D eigenvalue weighted by Gasteiger charge is 2.27. The van der Waals surface area contributed by atoms with Crippen LogP contribution in [0.25, 0.3) is 0 Å². The van der Waals surface area contributed by atoms with E-state index < -0.39 is 9.84 Å². The first-order chi connectivity index (χ1) is 12.5. The fourth-order valence-electron chi connectivity index (χ4n) is 3.02. The van der Waals surface area contributed by atoms with Gasteiger partial charge >= 0.3 is 6.03 Å². The third-order valence-corrected chi connectivity index (χ3v) is 6.32. The maximum absolute atomic E-state index is 11.9. The molecular weight excluding hydrogens is 350 g/mol. The average Bonchev–Trinajstić information content (AvgIpc) is 2.99. The highest BCUT2D eigenvalue weighted by molar-refractivity contribution is 7.91. The molecular formula is C19H23N3O3S. The Morgan fingerprint density at radius 1 is 1.12 bits per heavy atom. The molecule has 2 heterocycles. The van der Waals surface area contributed by atoms with Crippen LogP contribution in [0, 0.1) is 5.92 Å². The van der Waals surface area contributed by atoms with Gasteiger partial charge in [0.05, 0.1) is 11.5 Å². The molecule has 1 atom stereocenters. The molecule has 3 rings (SSSR count). The number of benzene rings is 1. The van der Waals surface area contributed by atoms with Crippen LogP contribution >= 0.6 is 0 Å². The SMILES string of the molecule is O=C(NC[C@@H]1CCS(=O)(=O)C1)Nc1ccc(CCc2ccccn2)cc1. The van der Waals surface area contributed by atoms with E-state index in [9.17, 15) is 13.2 Å². The van der Waals surface area contributed by atoms with E-state index in [0.717, 1.165) is 18.5 Å². The number of nitrogens with one attached hydrogen (secondary N) is 2. The molecule has 0 spiro atoms. The minimum absolute atomic E-state index is 0.0136. The highest BCUT2D eigenvalue weighted by atomic mass is 32.2. The van der Waals surface area contributed by atoms with Gasteiger partial charge < -0.3 is 10.6 Å². The van der Waals surface area contributed by atoms with E-state index in [2.05, 4.69) is 15.6 Å². The normalized spacial score (nSPS) is 18.4. The van der Waals surface area contributed by atoms with Crippen LogP contribution in [0.1, 0.15) is 17.7 Å². The number of anilines is 1. The number of nitrogens with zero attached hydrogens (tertiary/aromatic N) is 1. The lowest BCUT2D eigenvalue weighted by atomic mass is 10.1. The van der Waals surface area contributed by atoms with Gasteiger partial charge in [-0.1, -0.05) is 18.2 Å². The molecule has 0 radical (unpaired) electrons. The van der Waals surface area contributed by atoms with Gasteiger partial charge in [0.25, 0.3) is 0 Å². The average molecular weight is 373 g/mol. The predicted molar refractivity (Wildman–Crippen MR) is 102 cm³/mol. The summed E-state index contributed by atoms with van der Waals surface area (Å²) in [6.45, 7) is 0.382. The zero-order chi connectivity index (χ0) is 18.4. The summed E-state index contributed by atoms with van der Waals surface area (Å²) in [4.78, 5) is 16.3. The zero-order valence-electron chi connectivity index (χ0n) is 14.5. The minimum Gasteiger partial charge on any atom is -0.338 e. The summed E-state index contributed by atoms with van der Waals surface area (Å²) in [7, 11) is -2.91. The number of sulfone groups is 1. The largest absolute Gasteiger partial charge is 0.338 e. The quantitative estimate of drug-likeness (QED) is 0.814. The lowest BCUT2D eigenvalue weighted by Crippen LogP contribution is -2.33. The molecule has 0 aliphatic carbocycles. The first-order valence-electron chi connectivity index (χ1n) is 8.74. The van der Waals surface area contributed by atoms with Crippen LogP contribution in [-0.4, -0.2) is 37.5 Å². The Morgan fingerprint density at radius 2 is 1.92 bits per heavy atom. The van der Waals surface area contributed by atoms with Crippen LogP contribution in [0.4, 0.5) is 10.5 Å². The lowest BCUT2D eigenvalue weighted by Gasteiger charge is -2.11. The van der Waals surface area contributed by atoms with Gasteiger partial charge in [0.2, 0.25) is 0 Å². The summed E-state index contributed by atoms with van der Waals surface area (Å²) in [5.41, 5.74) is 2.95. The molecule has 7 heteroatoms. The van der Waals surface area contributed by atoms with Crippen LogP contribution < -0.4 is 10.6 Å². The number of aryl methyl sites for hydroxylation is 2. The predicted octanol–water partition coefficient (Wildman–Crippen LogP) is 2.42.